The Morgan fingerprint density at radius 3 is 2.55 bits per heavy atom. The molecule has 0 heterocycles. The molecule has 1 heteroatoms. The maximum absolute atomic E-state index is 5.77. The predicted octanol–water partition coefficient (Wildman–Crippen LogP) is 2.91. The van der Waals surface area contributed by atoms with Crippen LogP contribution in [0.5, 0.6) is 0 Å². The second-order valence-corrected chi connectivity index (χ2v) is 3.27. The molecule has 0 unspecified atom stereocenters. The van der Waals surface area contributed by atoms with Crippen molar-refractivity contribution in [2.75, 3.05) is 6.61 Å². The lowest BCUT2D eigenvalue weighted by molar-refractivity contribution is -0.0904. The van der Waals surface area contributed by atoms with E-state index in [1.807, 2.05) is 13.0 Å². The topological polar surface area (TPSA) is 9.23 Å². The van der Waals surface area contributed by atoms with Gasteiger partial charge in [0.05, 0.1) is 12.2 Å². The molecule has 0 aromatic carbocycles. The van der Waals surface area contributed by atoms with E-state index < -0.39 is 0 Å². The molecule has 1 aliphatic carbocycles. The Morgan fingerprint density at radius 2 is 2.18 bits per heavy atom. The lowest BCUT2D eigenvalue weighted by Crippen LogP contribution is -2.39. The van der Waals surface area contributed by atoms with Gasteiger partial charge in [0.2, 0.25) is 0 Å². The highest BCUT2D eigenvalue weighted by molar-refractivity contribution is 4.90. The molecule has 0 radical (unpaired) electrons. The molecule has 1 aliphatic rings. The summed E-state index contributed by atoms with van der Waals surface area (Å²) in [5, 5.41) is 0. The molecule has 0 bridgehead atoms. The maximum atomic E-state index is 5.77. The first-order valence-electron chi connectivity index (χ1n) is 4.58. The molecule has 0 spiro atoms. The second-order valence-electron chi connectivity index (χ2n) is 3.27. The van der Waals surface area contributed by atoms with E-state index in [9.17, 15) is 0 Å². The van der Waals surface area contributed by atoms with Gasteiger partial charge in [-0.1, -0.05) is 19.1 Å². The van der Waals surface area contributed by atoms with Crippen molar-refractivity contribution in [1.82, 2.24) is 0 Å². The largest absolute Gasteiger partial charge is 0.371 e. The summed E-state index contributed by atoms with van der Waals surface area (Å²) in [6, 6.07) is 0. The Morgan fingerprint density at radius 1 is 1.45 bits per heavy atom. The van der Waals surface area contributed by atoms with Gasteiger partial charge in [0.15, 0.2) is 0 Å². The SMILES string of the molecule is CC=CCOC1(CC)CCC1. The normalized spacial score (nSPS) is 22.0. The molecule has 1 rings (SSSR count). The lowest BCUT2D eigenvalue weighted by atomic mass is 9.78. The quantitative estimate of drug-likeness (QED) is 0.566. The first-order chi connectivity index (χ1) is 5.33. The Bertz CT molecular complexity index is 128. The summed E-state index contributed by atoms with van der Waals surface area (Å²) in [6.45, 7) is 5.04. The Hall–Kier alpha value is -0.300. The first-order valence-corrected chi connectivity index (χ1v) is 4.58. The minimum absolute atomic E-state index is 0.263. The van der Waals surface area contributed by atoms with Gasteiger partial charge in [0, 0.05) is 0 Å². The molecule has 0 amide bonds. The molecule has 64 valence electrons. The average molecular weight is 154 g/mol. The smallest absolute Gasteiger partial charge is 0.0684 e. The van der Waals surface area contributed by atoms with E-state index in [1.54, 1.807) is 0 Å². The zero-order chi connectivity index (χ0) is 8.16. The van der Waals surface area contributed by atoms with E-state index in [0.717, 1.165) is 6.61 Å². The Balaban J connectivity index is 2.21. The third-order valence-corrected chi connectivity index (χ3v) is 2.63. The van der Waals surface area contributed by atoms with E-state index in [-0.39, 0.29) is 5.60 Å². The van der Waals surface area contributed by atoms with Crippen LogP contribution in [0, 0.1) is 0 Å². The van der Waals surface area contributed by atoms with Crippen molar-refractivity contribution in [3.05, 3.63) is 12.2 Å². The van der Waals surface area contributed by atoms with Gasteiger partial charge in [-0.25, -0.2) is 0 Å². The van der Waals surface area contributed by atoms with E-state index in [0.29, 0.717) is 0 Å². The van der Waals surface area contributed by atoms with Crippen LogP contribution in [-0.2, 0) is 4.74 Å². The zero-order valence-corrected chi connectivity index (χ0v) is 7.60. The summed E-state index contributed by atoms with van der Waals surface area (Å²) in [5.74, 6) is 0. The molecule has 0 aromatic heterocycles. The predicted molar refractivity (Wildman–Crippen MR) is 47.6 cm³/mol. The van der Waals surface area contributed by atoms with Crippen LogP contribution >= 0.6 is 0 Å². The summed E-state index contributed by atoms with van der Waals surface area (Å²) >= 11 is 0. The number of ether oxygens (including phenoxy) is 1. The van der Waals surface area contributed by atoms with Crippen molar-refractivity contribution < 1.29 is 4.74 Å². The van der Waals surface area contributed by atoms with Crippen LogP contribution in [0.2, 0.25) is 0 Å². The van der Waals surface area contributed by atoms with E-state index >= 15 is 0 Å². The molecule has 11 heavy (non-hydrogen) atoms. The molecule has 1 fully saturated rings. The van der Waals surface area contributed by atoms with Crippen molar-refractivity contribution in [2.24, 2.45) is 0 Å². The molecule has 0 atom stereocenters. The minimum atomic E-state index is 0.263. The fraction of sp³-hybridized carbons (Fsp3) is 0.800. The second kappa shape index (κ2) is 3.91. The Kier molecular flexibility index (Phi) is 3.13. The van der Waals surface area contributed by atoms with Gasteiger partial charge in [-0.15, -0.1) is 0 Å². The summed E-state index contributed by atoms with van der Waals surface area (Å²) in [7, 11) is 0. The summed E-state index contributed by atoms with van der Waals surface area (Å²) in [4.78, 5) is 0. The average Bonchev–Trinajstić information content (AvgIpc) is 1.95. The van der Waals surface area contributed by atoms with Crippen LogP contribution in [0.4, 0.5) is 0 Å². The number of hydrogen-bond acceptors (Lipinski definition) is 1. The standard InChI is InChI=1S/C10H18O/c1-3-5-9-11-10(4-2)7-6-8-10/h3,5H,4,6-9H2,1-2H3. The fourth-order valence-corrected chi connectivity index (χ4v) is 1.49. The molecule has 0 N–H and O–H groups in total. The van der Waals surface area contributed by atoms with Crippen molar-refractivity contribution in [2.45, 2.75) is 45.1 Å². The van der Waals surface area contributed by atoms with Gasteiger partial charge in [0.1, 0.15) is 0 Å². The van der Waals surface area contributed by atoms with Crippen molar-refractivity contribution >= 4 is 0 Å². The summed E-state index contributed by atoms with van der Waals surface area (Å²) < 4.78 is 5.77. The maximum Gasteiger partial charge on any atom is 0.0684 e. The van der Waals surface area contributed by atoms with Crippen LogP contribution in [-0.4, -0.2) is 12.2 Å². The molecule has 0 aliphatic heterocycles. The van der Waals surface area contributed by atoms with Crippen LogP contribution in [0.25, 0.3) is 0 Å². The first kappa shape index (κ1) is 8.79. The monoisotopic (exact) mass is 154 g/mol. The molecular formula is C10H18O. The number of hydrogen-bond donors (Lipinski definition) is 0. The van der Waals surface area contributed by atoms with Crippen molar-refractivity contribution in [1.29, 1.82) is 0 Å². The van der Waals surface area contributed by atoms with E-state index in [2.05, 4.69) is 13.0 Å². The van der Waals surface area contributed by atoms with Gasteiger partial charge in [-0.2, -0.15) is 0 Å². The highest BCUT2D eigenvalue weighted by atomic mass is 16.5. The van der Waals surface area contributed by atoms with Gasteiger partial charge >= 0.3 is 0 Å². The summed E-state index contributed by atoms with van der Waals surface area (Å²) in [6.07, 6.45) is 9.17. The molecule has 0 saturated heterocycles. The van der Waals surface area contributed by atoms with Gasteiger partial charge in [-0.3, -0.25) is 0 Å². The molecule has 1 nitrogen and oxygen atoms in total. The third kappa shape index (κ3) is 2.06. The van der Waals surface area contributed by atoms with Gasteiger partial charge in [0.25, 0.3) is 0 Å². The van der Waals surface area contributed by atoms with Gasteiger partial charge in [-0.05, 0) is 32.6 Å². The molecule has 0 aromatic rings. The third-order valence-electron chi connectivity index (χ3n) is 2.63. The highest BCUT2D eigenvalue weighted by Gasteiger charge is 2.35. The van der Waals surface area contributed by atoms with Crippen molar-refractivity contribution in [3.8, 4) is 0 Å². The van der Waals surface area contributed by atoms with Crippen LogP contribution in [0.15, 0.2) is 12.2 Å². The molecule has 1 saturated carbocycles. The number of rotatable bonds is 4. The van der Waals surface area contributed by atoms with Crippen molar-refractivity contribution in [3.63, 3.8) is 0 Å². The number of allylic oxidation sites excluding steroid dienone is 1. The van der Waals surface area contributed by atoms with Crippen LogP contribution in [0.3, 0.4) is 0 Å². The highest BCUT2D eigenvalue weighted by Crippen LogP contribution is 2.38. The molecular weight excluding hydrogens is 136 g/mol. The summed E-state index contributed by atoms with van der Waals surface area (Å²) in [5.41, 5.74) is 0.263. The Labute approximate surface area is 69.4 Å². The van der Waals surface area contributed by atoms with Gasteiger partial charge < -0.3 is 4.74 Å². The van der Waals surface area contributed by atoms with E-state index in [4.69, 9.17) is 4.74 Å². The lowest BCUT2D eigenvalue weighted by Gasteiger charge is -2.40. The zero-order valence-electron chi connectivity index (χ0n) is 7.60. The van der Waals surface area contributed by atoms with E-state index in [1.165, 1.54) is 25.7 Å². The van der Waals surface area contributed by atoms with Crippen LogP contribution < -0.4 is 0 Å². The fourth-order valence-electron chi connectivity index (χ4n) is 1.49. The minimum Gasteiger partial charge on any atom is -0.371 e. The van der Waals surface area contributed by atoms with Crippen LogP contribution in [0.1, 0.15) is 39.5 Å².